The molecule has 8 nitrogen and oxygen atoms in total. The maximum absolute atomic E-state index is 13.5. The van der Waals surface area contributed by atoms with Crippen molar-refractivity contribution < 1.29 is 23.1 Å². The first-order valence-electron chi connectivity index (χ1n) is 14.1. The number of unbranched alkanes of at least 4 members (excludes halogenated alkanes) is 9. The summed E-state index contributed by atoms with van der Waals surface area (Å²) in [5.74, 6) is -1.33. The number of primary amides is 1. The van der Waals surface area contributed by atoms with E-state index in [-0.39, 0.29) is 27.8 Å². The maximum Gasteiger partial charge on any atom is 0.262 e. The van der Waals surface area contributed by atoms with Crippen LogP contribution in [0.25, 0.3) is 10.8 Å². The first-order chi connectivity index (χ1) is 19.1. The molecule has 0 spiro atoms. The molecular formula is C31H41N3O5S. The third-order valence-electron chi connectivity index (χ3n) is 7.01. The number of hydrogen-bond donors (Lipinski definition) is 4. The fraction of sp³-hybridized carbons (Fsp3) is 0.419. The Bertz CT molecular complexity index is 1430. The predicted octanol–water partition coefficient (Wildman–Crippen LogP) is 7.00. The fourth-order valence-corrected chi connectivity index (χ4v) is 6.15. The summed E-state index contributed by atoms with van der Waals surface area (Å²) in [6, 6.07) is 12.7. The van der Waals surface area contributed by atoms with Gasteiger partial charge in [-0.2, -0.15) is 0 Å². The Kier molecular flexibility index (Phi) is 11.4. The molecular weight excluding hydrogens is 526 g/mol. The van der Waals surface area contributed by atoms with Gasteiger partial charge in [-0.05, 0) is 48.6 Å². The van der Waals surface area contributed by atoms with E-state index in [1.165, 1.54) is 63.1 Å². The van der Waals surface area contributed by atoms with Crippen LogP contribution in [0.5, 0.6) is 5.75 Å². The molecule has 3 aromatic rings. The summed E-state index contributed by atoms with van der Waals surface area (Å²) in [6.07, 6.45) is 12.1. The lowest BCUT2D eigenvalue weighted by Gasteiger charge is -2.15. The SMILES string of the molecule is CCCCCCCCCCCCC(=O)Nc1cccc2cccc(S(=O)(=O)Nc3cc(C)c(O)c(C(N)=O)c3)c12. The van der Waals surface area contributed by atoms with Gasteiger partial charge in [0.2, 0.25) is 5.91 Å². The van der Waals surface area contributed by atoms with Crippen LogP contribution in [0.3, 0.4) is 0 Å². The number of hydrogen-bond acceptors (Lipinski definition) is 5. The molecule has 0 bridgehead atoms. The van der Waals surface area contributed by atoms with E-state index < -0.39 is 15.9 Å². The van der Waals surface area contributed by atoms with Gasteiger partial charge in [-0.3, -0.25) is 14.3 Å². The van der Waals surface area contributed by atoms with Crippen LogP contribution in [-0.4, -0.2) is 25.3 Å². The number of aromatic hydroxyl groups is 1. The Hall–Kier alpha value is -3.59. The van der Waals surface area contributed by atoms with Gasteiger partial charge < -0.3 is 16.2 Å². The number of nitrogens with two attached hydrogens (primary N) is 1. The molecule has 0 heterocycles. The monoisotopic (exact) mass is 567 g/mol. The number of aryl methyl sites for hydroxylation is 1. The third-order valence-corrected chi connectivity index (χ3v) is 8.43. The smallest absolute Gasteiger partial charge is 0.262 e. The summed E-state index contributed by atoms with van der Waals surface area (Å²) in [5.41, 5.74) is 5.95. The predicted molar refractivity (Wildman–Crippen MR) is 161 cm³/mol. The van der Waals surface area contributed by atoms with E-state index in [9.17, 15) is 23.1 Å². The number of nitrogens with one attached hydrogen (secondary N) is 2. The van der Waals surface area contributed by atoms with Crippen LogP contribution in [-0.2, 0) is 14.8 Å². The summed E-state index contributed by atoms with van der Waals surface area (Å²) in [5, 5.41) is 14.1. The van der Waals surface area contributed by atoms with E-state index in [1.54, 1.807) is 37.3 Å². The quantitative estimate of drug-likeness (QED) is 0.109. The molecule has 2 amide bonds. The summed E-state index contributed by atoms with van der Waals surface area (Å²) in [4.78, 5) is 24.5. The number of anilines is 2. The maximum atomic E-state index is 13.5. The highest BCUT2D eigenvalue weighted by Crippen LogP contribution is 2.33. The van der Waals surface area contributed by atoms with Crippen LogP contribution in [0.1, 0.15) is 93.5 Å². The lowest BCUT2D eigenvalue weighted by Crippen LogP contribution is -2.17. The van der Waals surface area contributed by atoms with E-state index in [0.717, 1.165) is 19.3 Å². The highest BCUT2D eigenvalue weighted by Gasteiger charge is 2.22. The van der Waals surface area contributed by atoms with Crippen molar-refractivity contribution in [1.29, 1.82) is 0 Å². The molecule has 0 atom stereocenters. The Morgan fingerprint density at radius 1 is 0.875 bits per heavy atom. The summed E-state index contributed by atoms with van der Waals surface area (Å²) < 4.78 is 29.5. The van der Waals surface area contributed by atoms with Crippen molar-refractivity contribution in [3.8, 4) is 5.75 Å². The molecule has 216 valence electrons. The van der Waals surface area contributed by atoms with Crippen LogP contribution in [0.15, 0.2) is 53.4 Å². The molecule has 0 aliphatic carbocycles. The van der Waals surface area contributed by atoms with Crippen LogP contribution >= 0.6 is 0 Å². The number of phenols is 1. The van der Waals surface area contributed by atoms with Crippen molar-refractivity contribution >= 4 is 44.0 Å². The normalized spacial score (nSPS) is 11.4. The number of carbonyl (C=O) groups excluding carboxylic acids is 2. The number of amides is 2. The second kappa shape index (κ2) is 14.7. The lowest BCUT2D eigenvalue weighted by atomic mass is 10.1. The molecule has 0 unspecified atom stereocenters. The molecule has 0 saturated carbocycles. The first-order valence-corrected chi connectivity index (χ1v) is 15.6. The Morgan fingerprint density at radius 2 is 1.48 bits per heavy atom. The number of sulfonamides is 1. The van der Waals surface area contributed by atoms with Gasteiger partial charge in [0.1, 0.15) is 5.75 Å². The van der Waals surface area contributed by atoms with Gasteiger partial charge in [-0.15, -0.1) is 0 Å². The van der Waals surface area contributed by atoms with Crippen molar-refractivity contribution in [2.75, 3.05) is 10.0 Å². The van der Waals surface area contributed by atoms with Crippen LogP contribution in [0, 0.1) is 6.92 Å². The van der Waals surface area contributed by atoms with Gasteiger partial charge >= 0.3 is 0 Å². The summed E-state index contributed by atoms with van der Waals surface area (Å²) >= 11 is 0. The van der Waals surface area contributed by atoms with Gasteiger partial charge in [-0.1, -0.05) is 89.0 Å². The molecule has 3 aromatic carbocycles. The fourth-order valence-electron chi connectivity index (χ4n) is 4.86. The number of fused-ring (bicyclic) bond motifs is 1. The largest absolute Gasteiger partial charge is 0.507 e. The average Bonchev–Trinajstić information content (AvgIpc) is 2.91. The minimum Gasteiger partial charge on any atom is -0.507 e. The number of carbonyl (C=O) groups is 2. The first kappa shape index (κ1) is 30.9. The van der Waals surface area contributed by atoms with E-state index in [2.05, 4.69) is 17.0 Å². The van der Waals surface area contributed by atoms with Crippen LogP contribution < -0.4 is 15.8 Å². The molecule has 40 heavy (non-hydrogen) atoms. The molecule has 0 aromatic heterocycles. The van der Waals surface area contributed by atoms with Gasteiger partial charge in [0.15, 0.2) is 0 Å². The topological polar surface area (TPSA) is 139 Å². The standard InChI is InChI=1S/C31H41N3O5S/c1-3-4-5-6-7-8-9-10-11-12-19-28(35)33-26-17-13-15-23-16-14-18-27(29(23)26)40(38,39)34-24-20-22(2)30(36)25(21-24)31(32)37/h13-18,20-21,34,36H,3-12,19H2,1-2H3,(H2,32,37)(H,33,35). The van der Waals surface area contributed by atoms with Gasteiger partial charge in [0, 0.05) is 17.5 Å². The minimum absolute atomic E-state index is 0.0220. The Balaban J connectivity index is 1.69. The molecule has 5 N–H and O–H groups in total. The van der Waals surface area contributed by atoms with Gasteiger partial charge in [0.05, 0.1) is 16.1 Å². The number of benzene rings is 3. The van der Waals surface area contributed by atoms with Crippen molar-refractivity contribution in [3.63, 3.8) is 0 Å². The van der Waals surface area contributed by atoms with E-state index in [4.69, 9.17) is 5.73 Å². The van der Waals surface area contributed by atoms with Crippen LogP contribution in [0.4, 0.5) is 11.4 Å². The second-order valence-corrected chi connectivity index (χ2v) is 11.9. The van der Waals surface area contributed by atoms with Crippen molar-refractivity contribution in [2.45, 2.75) is 89.4 Å². The zero-order valence-electron chi connectivity index (χ0n) is 23.5. The summed E-state index contributed by atoms with van der Waals surface area (Å²) in [7, 11) is -4.14. The number of rotatable bonds is 16. The highest BCUT2D eigenvalue weighted by atomic mass is 32.2. The summed E-state index contributed by atoms with van der Waals surface area (Å²) in [6.45, 7) is 3.76. The molecule has 9 heteroatoms. The third kappa shape index (κ3) is 8.45. The molecule has 0 aliphatic rings. The highest BCUT2D eigenvalue weighted by molar-refractivity contribution is 7.93. The van der Waals surface area contributed by atoms with E-state index in [0.29, 0.717) is 28.4 Å². The molecule has 3 rings (SSSR count). The molecule has 0 fully saturated rings. The van der Waals surface area contributed by atoms with E-state index in [1.807, 2.05) is 0 Å². The van der Waals surface area contributed by atoms with Gasteiger partial charge in [-0.25, -0.2) is 8.42 Å². The lowest BCUT2D eigenvalue weighted by molar-refractivity contribution is -0.116. The average molecular weight is 568 g/mol. The van der Waals surface area contributed by atoms with Crippen molar-refractivity contribution in [3.05, 3.63) is 59.7 Å². The Labute approximate surface area is 237 Å². The molecule has 0 radical (unpaired) electrons. The van der Waals surface area contributed by atoms with Crippen molar-refractivity contribution in [1.82, 2.24) is 0 Å². The van der Waals surface area contributed by atoms with Crippen molar-refractivity contribution in [2.24, 2.45) is 5.73 Å². The zero-order chi connectivity index (χ0) is 29.1. The van der Waals surface area contributed by atoms with Crippen LogP contribution in [0.2, 0.25) is 0 Å². The van der Waals surface area contributed by atoms with E-state index >= 15 is 0 Å². The zero-order valence-corrected chi connectivity index (χ0v) is 24.3. The van der Waals surface area contributed by atoms with Gasteiger partial charge in [0.25, 0.3) is 15.9 Å². The Morgan fingerprint density at radius 3 is 2.10 bits per heavy atom. The second-order valence-electron chi connectivity index (χ2n) is 10.3. The molecule has 0 saturated heterocycles. The molecule has 0 aliphatic heterocycles. The minimum atomic E-state index is -4.14.